The molecule has 0 aromatic heterocycles. The van der Waals surface area contributed by atoms with Gasteiger partial charge in [0.05, 0.1) is 19.3 Å². The summed E-state index contributed by atoms with van der Waals surface area (Å²) >= 11 is 0. The van der Waals surface area contributed by atoms with Crippen LogP contribution in [-0.4, -0.2) is 60.6 Å². The number of hydrogen-bond donors (Lipinski definition) is 0. The van der Waals surface area contributed by atoms with E-state index in [1.54, 1.807) is 11.8 Å². The van der Waals surface area contributed by atoms with Gasteiger partial charge in [-0.05, 0) is 42.2 Å². The van der Waals surface area contributed by atoms with E-state index in [0.29, 0.717) is 38.6 Å². The minimum absolute atomic E-state index is 0.0257. The van der Waals surface area contributed by atoms with Gasteiger partial charge in [-0.3, -0.25) is 9.59 Å². The molecule has 2 heterocycles. The fourth-order valence-corrected chi connectivity index (χ4v) is 4.53. The van der Waals surface area contributed by atoms with Gasteiger partial charge in [0.2, 0.25) is 5.91 Å². The Hall–Kier alpha value is -2.86. The highest BCUT2D eigenvalue weighted by molar-refractivity contribution is 5.81. The molecule has 1 saturated heterocycles. The number of carbonyl (C=O) groups excluding carboxylic acids is 2. The molecule has 0 saturated carbocycles. The van der Waals surface area contributed by atoms with E-state index in [0.717, 1.165) is 17.5 Å². The Bertz CT molecular complexity index is 954. The molecule has 2 aliphatic rings. The van der Waals surface area contributed by atoms with Crippen molar-refractivity contribution in [3.05, 3.63) is 65.2 Å². The Morgan fingerprint density at radius 1 is 0.969 bits per heavy atom. The van der Waals surface area contributed by atoms with E-state index in [-0.39, 0.29) is 23.8 Å². The summed E-state index contributed by atoms with van der Waals surface area (Å²) in [5.74, 6) is 0.694. The lowest BCUT2D eigenvalue weighted by atomic mass is 9.87. The SMILES string of the molecule is CC(C)C(=O)N1CCc2ccc(O[C@@H](C)C(=O)N3CCOCC3)cc2[C@@H]1c1ccccc1. The van der Waals surface area contributed by atoms with Crippen LogP contribution in [0.4, 0.5) is 0 Å². The molecule has 0 radical (unpaired) electrons. The van der Waals surface area contributed by atoms with Crippen LogP contribution in [0.25, 0.3) is 0 Å². The first-order chi connectivity index (χ1) is 15.5. The van der Waals surface area contributed by atoms with Gasteiger partial charge >= 0.3 is 0 Å². The maximum atomic E-state index is 13.1. The monoisotopic (exact) mass is 436 g/mol. The number of carbonyl (C=O) groups is 2. The minimum Gasteiger partial charge on any atom is -0.481 e. The Balaban J connectivity index is 1.62. The fourth-order valence-electron chi connectivity index (χ4n) is 4.53. The van der Waals surface area contributed by atoms with Crippen molar-refractivity contribution in [3.63, 3.8) is 0 Å². The van der Waals surface area contributed by atoms with Gasteiger partial charge in [-0.25, -0.2) is 0 Å². The van der Waals surface area contributed by atoms with Crippen LogP contribution in [0.5, 0.6) is 5.75 Å². The number of rotatable bonds is 5. The summed E-state index contributed by atoms with van der Waals surface area (Å²) in [6, 6.07) is 16.0. The van der Waals surface area contributed by atoms with E-state index >= 15 is 0 Å². The first kappa shape index (κ1) is 22.3. The Morgan fingerprint density at radius 2 is 1.69 bits per heavy atom. The maximum Gasteiger partial charge on any atom is 0.263 e. The van der Waals surface area contributed by atoms with Crippen LogP contribution in [0.3, 0.4) is 0 Å². The van der Waals surface area contributed by atoms with E-state index in [1.807, 2.05) is 49.1 Å². The molecule has 2 aromatic carbocycles. The van der Waals surface area contributed by atoms with Gasteiger partial charge in [-0.15, -0.1) is 0 Å². The molecule has 6 heteroatoms. The molecule has 32 heavy (non-hydrogen) atoms. The molecule has 2 aromatic rings. The van der Waals surface area contributed by atoms with E-state index in [9.17, 15) is 9.59 Å². The molecule has 0 aliphatic carbocycles. The highest BCUT2D eigenvalue weighted by Crippen LogP contribution is 2.38. The van der Waals surface area contributed by atoms with Crippen molar-refractivity contribution < 1.29 is 19.1 Å². The van der Waals surface area contributed by atoms with Gasteiger partial charge in [0.15, 0.2) is 6.10 Å². The van der Waals surface area contributed by atoms with Gasteiger partial charge in [0.1, 0.15) is 5.75 Å². The predicted octanol–water partition coefficient (Wildman–Crippen LogP) is 3.44. The number of ether oxygens (including phenoxy) is 2. The first-order valence-electron chi connectivity index (χ1n) is 11.5. The minimum atomic E-state index is -0.585. The van der Waals surface area contributed by atoms with Gasteiger partial charge < -0.3 is 19.3 Å². The summed E-state index contributed by atoms with van der Waals surface area (Å²) in [5.41, 5.74) is 3.36. The van der Waals surface area contributed by atoms with Crippen molar-refractivity contribution >= 4 is 11.8 Å². The molecular formula is C26H32N2O4. The summed E-state index contributed by atoms with van der Waals surface area (Å²) in [7, 11) is 0. The van der Waals surface area contributed by atoms with Crippen molar-refractivity contribution in [3.8, 4) is 5.75 Å². The van der Waals surface area contributed by atoms with Crippen LogP contribution >= 0.6 is 0 Å². The lowest BCUT2D eigenvalue weighted by Gasteiger charge is -2.39. The zero-order valence-electron chi connectivity index (χ0n) is 19.1. The molecular weight excluding hydrogens is 404 g/mol. The zero-order valence-corrected chi connectivity index (χ0v) is 19.1. The van der Waals surface area contributed by atoms with Crippen molar-refractivity contribution in [2.24, 2.45) is 5.92 Å². The second-order valence-corrected chi connectivity index (χ2v) is 8.81. The van der Waals surface area contributed by atoms with Gasteiger partial charge in [0, 0.05) is 25.6 Å². The maximum absolute atomic E-state index is 13.1. The summed E-state index contributed by atoms with van der Waals surface area (Å²) in [6.45, 7) is 8.69. The zero-order chi connectivity index (χ0) is 22.7. The lowest BCUT2D eigenvalue weighted by molar-refractivity contribution is -0.142. The lowest BCUT2D eigenvalue weighted by Crippen LogP contribution is -2.46. The molecule has 0 bridgehead atoms. The Labute approximate surface area is 190 Å². The summed E-state index contributed by atoms with van der Waals surface area (Å²) in [6.07, 6.45) is 0.220. The molecule has 2 atom stereocenters. The molecule has 6 nitrogen and oxygen atoms in total. The third kappa shape index (κ3) is 4.65. The van der Waals surface area contributed by atoms with Crippen LogP contribution in [0.1, 0.15) is 43.5 Å². The average Bonchev–Trinajstić information content (AvgIpc) is 2.83. The van der Waals surface area contributed by atoms with E-state index < -0.39 is 6.10 Å². The third-order valence-electron chi connectivity index (χ3n) is 6.22. The van der Waals surface area contributed by atoms with Gasteiger partial charge in [-0.1, -0.05) is 50.2 Å². The number of nitrogens with zero attached hydrogens (tertiary/aromatic N) is 2. The highest BCUT2D eigenvalue weighted by atomic mass is 16.5. The van der Waals surface area contributed by atoms with Crippen LogP contribution in [0, 0.1) is 5.92 Å². The number of morpholine rings is 1. The largest absolute Gasteiger partial charge is 0.481 e. The normalized spacial score (nSPS) is 19.4. The van der Waals surface area contributed by atoms with E-state index in [1.165, 1.54) is 5.56 Å². The molecule has 170 valence electrons. The Morgan fingerprint density at radius 3 is 2.38 bits per heavy atom. The van der Waals surface area contributed by atoms with Crippen molar-refractivity contribution in [2.45, 2.75) is 39.3 Å². The van der Waals surface area contributed by atoms with Crippen LogP contribution in [0.2, 0.25) is 0 Å². The molecule has 0 unspecified atom stereocenters. The highest BCUT2D eigenvalue weighted by Gasteiger charge is 2.33. The molecule has 0 N–H and O–H groups in total. The van der Waals surface area contributed by atoms with E-state index in [2.05, 4.69) is 18.2 Å². The summed E-state index contributed by atoms with van der Waals surface area (Å²) in [4.78, 5) is 29.6. The Kier molecular flexibility index (Phi) is 6.80. The van der Waals surface area contributed by atoms with Crippen molar-refractivity contribution in [1.82, 2.24) is 9.80 Å². The number of amides is 2. The third-order valence-corrected chi connectivity index (χ3v) is 6.22. The molecule has 1 fully saturated rings. The standard InChI is InChI=1S/C26H32N2O4/c1-18(2)25(29)28-12-11-20-9-10-22(17-23(20)24(28)21-7-5-4-6-8-21)32-19(3)26(30)27-13-15-31-16-14-27/h4-10,17-19,24H,11-16H2,1-3H3/t19-,24-/m0/s1. The van der Waals surface area contributed by atoms with E-state index in [4.69, 9.17) is 9.47 Å². The van der Waals surface area contributed by atoms with Gasteiger partial charge in [0.25, 0.3) is 5.91 Å². The summed E-state index contributed by atoms with van der Waals surface area (Å²) < 4.78 is 11.4. The summed E-state index contributed by atoms with van der Waals surface area (Å²) in [5, 5.41) is 0. The second kappa shape index (κ2) is 9.74. The smallest absolute Gasteiger partial charge is 0.263 e. The van der Waals surface area contributed by atoms with Crippen molar-refractivity contribution in [1.29, 1.82) is 0 Å². The van der Waals surface area contributed by atoms with Crippen LogP contribution in [-0.2, 0) is 20.7 Å². The molecule has 4 rings (SSSR count). The van der Waals surface area contributed by atoms with Gasteiger partial charge in [-0.2, -0.15) is 0 Å². The first-order valence-corrected chi connectivity index (χ1v) is 11.5. The molecule has 2 amide bonds. The quantitative estimate of drug-likeness (QED) is 0.721. The van der Waals surface area contributed by atoms with Crippen molar-refractivity contribution in [2.75, 3.05) is 32.8 Å². The molecule has 0 spiro atoms. The second-order valence-electron chi connectivity index (χ2n) is 8.81. The van der Waals surface area contributed by atoms with Crippen LogP contribution < -0.4 is 4.74 Å². The fraction of sp³-hybridized carbons (Fsp3) is 0.462. The number of hydrogen-bond acceptors (Lipinski definition) is 4. The predicted molar refractivity (Wildman–Crippen MR) is 122 cm³/mol. The molecule has 2 aliphatic heterocycles. The topological polar surface area (TPSA) is 59.1 Å². The number of fused-ring (bicyclic) bond motifs is 1. The average molecular weight is 437 g/mol. The number of benzene rings is 2. The van der Waals surface area contributed by atoms with Crippen LogP contribution in [0.15, 0.2) is 48.5 Å².